The van der Waals surface area contributed by atoms with E-state index in [9.17, 15) is 14.7 Å². The Morgan fingerprint density at radius 3 is 2.56 bits per heavy atom. The van der Waals surface area contributed by atoms with E-state index in [1.165, 1.54) is 31.4 Å². The van der Waals surface area contributed by atoms with Crippen molar-refractivity contribution in [1.82, 2.24) is 9.55 Å². The highest BCUT2D eigenvalue weighted by Gasteiger charge is 2.09. The normalized spacial score (nSPS) is 10.9. The van der Waals surface area contributed by atoms with E-state index in [0.29, 0.717) is 17.1 Å². The van der Waals surface area contributed by atoms with E-state index < -0.39 is 11.2 Å². The van der Waals surface area contributed by atoms with Gasteiger partial charge in [-0.05, 0) is 23.8 Å². The Labute approximate surface area is 143 Å². The van der Waals surface area contributed by atoms with E-state index >= 15 is 0 Å². The third kappa shape index (κ3) is 4.27. The van der Waals surface area contributed by atoms with E-state index in [1.54, 1.807) is 25.3 Å². The lowest BCUT2D eigenvalue weighted by atomic mass is 10.2. The molecule has 0 aliphatic carbocycles. The van der Waals surface area contributed by atoms with Crippen LogP contribution in [-0.2, 0) is 7.05 Å². The number of H-pyrrole nitrogens is 1. The summed E-state index contributed by atoms with van der Waals surface area (Å²) in [6.07, 6.45) is 1.52. The molecule has 0 saturated heterocycles. The largest absolute Gasteiger partial charge is 0.493 e. The van der Waals surface area contributed by atoms with E-state index in [-0.39, 0.29) is 19.0 Å². The second-order valence-corrected chi connectivity index (χ2v) is 5.06. The van der Waals surface area contributed by atoms with Crippen LogP contribution in [0.5, 0.6) is 11.5 Å². The second-order valence-electron chi connectivity index (χ2n) is 5.06. The second kappa shape index (κ2) is 8.15. The van der Waals surface area contributed by atoms with Crippen molar-refractivity contribution in [3.63, 3.8) is 0 Å². The van der Waals surface area contributed by atoms with Gasteiger partial charge >= 0.3 is 5.69 Å². The third-order valence-electron chi connectivity index (χ3n) is 3.47. The molecule has 0 spiro atoms. The van der Waals surface area contributed by atoms with Crippen LogP contribution in [-0.4, -0.2) is 48.2 Å². The third-order valence-corrected chi connectivity index (χ3v) is 3.47. The zero-order valence-corrected chi connectivity index (χ0v) is 14.2. The maximum absolute atomic E-state index is 11.8. The molecule has 2 aromatic rings. The number of ether oxygens (including phenoxy) is 2. The molecule has 0 aliphatic heterocycles. The van der Waals surface area contributed by atoms with Crippen molar-refractivity contribution in [3.05, 3.63) is 50.7 Å². The standard InChI is InChI=1S/C16H20N4O5/c1-19-15(22)9-14(18-16(19)23)20(6-7-21)17-10-11-4-5-12(24-2)13(8-11)25-3/h4-5,8-10,21H,6-7H2,1-3H3,(H,18,23). The number of methoxy groups -OCH3 is 2. The van der Waals surface area contributed by atoms with Gasteiger partial charge in [0, 0.05) is 13.1 Å². The number of hydrogen-bond acceptors (Lipinski definition) is 7. The van der Waals surface area contributed by atoms with Gasteiger partial charge in [0.15, 0.2) is 11.5 Å². The van der Waals surface area contributed by atoms with Gasteiger partial charge in [-0.25, -0.2) is 9.80 Å². The summed E-state index contributed by atoms with van der Waals surface area (Å²) in [5, 5.41) is 14.8. The van der Waals surface area contributed by atoms with Crippen molar-refractivity contribution in [2.24, 2.45) is 12.1 Å². The van der Waals surface area contributed by atoms with Gasteiger partial charge in [-0.1, -0.05) is 0 Å². The summed E-state index contributed by atoms with van der Waals surface area (Å²) in [5.41, 5.74) is -0.318. The highest BCUT2D eigenvalue weighted by atomic mass is 16.5. The molecule has 2 rings (SSSR count). The topological polar surface area (TPSA) is 109 Å². The van der Waals surface area contributed by atoms with Crippen LogP contribution in [0.25, 0.3) is 0 Å². The smallest absolute Gasteiger partial charge is 0.329 e. The number of aliphatic hydroxyl groups excluding tert-OH is 1. The SMILES string of the molecule is COc1ccc(C=NN(CCO)c2cc(=O)n(C)c(=O)[nH]2)cc1OC. The predicted molar refractivity (Wildman–Crippen MR) is 93.9 cm³/mol. The Balaban J connectivity index is 2.34. The van der Waals surface area contributed by atoms with Crippen LogP contribution in [0.1, 0.15) is 5.56 Å². The van der Waals surface area contributed by atoms with Crippen LogP contribution in [0.2, 0.25) is 0 Å². The molecular weight excluding hydrogens is 328 g/mol. The van der Waals surface area contributed by atoms with Crippen LogP contribution in [0.3, 0.4) is 0 Å². The lowest BCUT2D eigenvalue weighted by Gasteiger charge is -2.17. The zero-order chi connectivity index (χ0) is 18.4. The molecule has 0 amide bonds. The molecule has 0 bridgehead atoms. The summed E-state index contributed by atoms with van der Waals surface area (Å²) in [6, 6.07) is 6.47. The average Bonchev–Trinajstić information content (AvgIpc) is 2.62. The van der Waals surface area contributed by atoms with Crippen LogP contribution < -0.4 is 25.7 Å². The monoisotopic (exact) mass is 348 g/mol. The molecule has 134 valence electrons. The minimum Gasteiger partial charge on any atom is -0.493 e. The molecule has 1 heterocycles. The van der Waals surface area contributed by atoms with E-state index in [4.69, 9.17) is 9.47 Å². The van der Waals surface area contributed by atoms with Gasteiger partial charge in [0.2, 0.25) is 0 Å². The maximum Gasteiger partial charge on any atom is 0.329 e. The minimum atomic E-state index is -0.563. The number of hydrazone groups is 1. The molecule has 25 heavy (non-hydrogen) atoms. The molecule has 0 radical (unpaired) electrons. The van der Waals surface area contributed by atoms with Gasteiger partial charge in [0.05, 0.1) is 33.6 Å². The number of anilines is 1. The molecule has 0 saturated carbocycles. The van der Waals surface area contributed by atoms with E-state index in [1.807, 2.05) is 0 Å². The highest BCUT2D eigenvalue weighted by Crippen LogP contribution is 2.26. The number of aromatic nitrogens is 2. The first-order valence-electron chi connectivity index (χ1n) is 7.45. The number of hydrogen-bond donors (Lipinski definition) is 2. The Morgan fingerprint density at radius 2 is 1.96 bits per heavy atom. The molecular formula is C16H20N4O5. The van der Waals surface area contributed by atoms with Crippen LogP contribution in [0, 0.1) is 0 Å². The first-order valence-corrected chi connectivity index (χ1v) is 7.45. The molecule has 0 fully saturated rings. The van der Waals surface area contributed by atoms with Crippen LogP contribution in [0.4, 0.5) is 5.82 Å². The van der Waals surface area contributed by atoms with Gasteiger partial charge in [-0.2, -0.15) is 5.10 Å². The summed E-state index contributed by atoms with van der Waals surface area (Å²) in [6.45, 7) is -0.104. The van der Waals surface area contributed by atoms with Crippen LogP contribution in [0.15, 0.2) is 39.0 Å². The summed E-state index contributed by atoms with van der Waals surface area (Å²) in [7, 11) is 4.44. The van der Waals surface area contributed by atoms with Crippen molar-refractivity contribution in [3.8, 4) is 11.5 Å². The summed E-state index contributed by atoms with van der Waals surface area (Å²) in [5.74, 6) is 1.32. The Morgan fingerprint density at radius 1 is 1.24 bits per heavy atom. The molecule has 9 heteroatoms. The van der Waals surface area contributed by atoms with Gasteiger partial charge in [-0.15, -0.1) is 0 Å². The number of benzene rings is 1. The quantitative estimate of drug-likeness (QED) is 0.535. The van der Waals surface area contributed by atoms with E-state index in [0.717, 1.165) is 4.57 Å². The van der Waals surface area contributed by atoms with Crippen molar-refractivity contribution in [2.75, 3.05) is 32.4 Å². The number of aromatic amines is 1. The van der Waals surface area contributed by atoms with Gasteiger partial charge in [0.25, 0.3) is 5.56 Å². The van der Waals surface area contributed by atoms with Gasteiger partial charge < -0.3 is 14.6 Å². The number of rotatable bonds is 7. The average molecular weight is 348 g/mol. The lowest BCUT2D eigenvalue weighted by Crippen LogP contribution is -2.35. The first kappa shape index (κ1) is 18.3. The first-order chi connectivity index (χ1) is 12.0. The van der Waals surface area contributed by atoms with Crippen molar-refractivity contribution in [1.29, 1.82) is 0 Å². The van der Waals surface area contributed by atoms with Crippen molar-refractivity contribution < 1.29 is 14.6 Å². The molecule has 0 unspecified atom stereocenters. The molecule has 2 N–H and O–H groups in total. The molecule has 0 aliphatic rings. The summed E-state index contributed by atoms with van der Waals surface area (Å²) >= 11 is 0. The predicted octanol–water partition coefficient (Wildman–Crippen LogP) is -0.0764. The fourth-order valence-electron chi connectivity index (χ4n) is 2.09. The number of aliphatic hydroxyl groups is 1. The number of nitrogens with one attached hydrogen (secondary N) is 1. The van der Waals surface area contributed by atoms with Gasteiger partial charge in [-0.3, -0.25) is 14.3 Å². The zero-order valence-electron chi connectivity index (χ0n) is 14.2. The lowest BCUT2D eigenvalue weighted by molar-refractivity contribution is 0.302. The molecule has 9 nitrogen and oxygen atoms in total. The highest BCUT2D eigenvalue weighted by molar-refractivity contribution is 5.81. The summed E-state index contributed by atoms with van der Waals surface area (Å²) in [4.78, 5) is 26.0. The fourth-order valence-corrected chi connectivity index (χ4v) is 2.09. The summed E-state index contributed by atoms with van der Waals surface area (Å²) < 4.78 is 11.3. The van der Waals surface area contributed by atoms with Crippen molar-refractivity contribution >= 4 is 12.0 Å². The Bertz CT molecular complexity index is 840. The molecule has 1 aromatic heterocycles. The Kier molecular flexibility index (Phi) is 5.96. The maximum atomic E-state index is 11.8. The van der Waals surface area contributed by atoms with Crippen LogP contribution >= 0.6 is 0 Å². The van der Waals surface area contributed by atoms with E-state index in [2.05, 4.69) is 10.1 Å². The van der Waals surface area contributed by atoms with Gasteiger partial charge in [0.1, 0.15) is 5.82 Å². The van der Waals surface area contributed by atoms with Crippen molar-refractivity contribution in [2.45, 2.75) is 0 Å². The fraction of sp³-hybridized carbons (Fsp3) is 0.312. The number of nitrogens with zero attached hydrogens (tertiary/aromatic N) is 3. The Hall–Kier alpha value is -3.07. The molecule has 0 atom stereocenters. The molecule has 1 aromatic carbocycles. The minimum absolute atomic E-state index is 0.104.